The summed E-state index contributed by atoms with van der Waals surface area (Å²) in [6, 6.07) is 8.28. The number of nitrogens with zero attached hydrogens (tertiary/aromatic N) is 5. The molecule has 9 nitrogen and oxygen atoms in total. The third-order valence-electron chi connectivity index (χ3n) is 4.88. The van der Waals surface area contributed by atoms with Gasteiger partial charge in [-0.1, -0.05) is 18.2 Å². The number of hydrogen-bond donors (Lipinski definition) is 3. The van der Waals surface area contributed by atoms with Crippen LogP contribution in [0.3, 0.4) is 0 Å². The van der Waals surface area contributed by atoms with E-state index < -0.39 is 29.1 Å². The Balaban J connectivity index is 1.86. The van der Waals surface area contributed by atoms with E-state index in [1.165, 1.54) is 11.7 Å². The number of nitrogen functional groups attached to an aromatic ring is 2. The first kappa shape index (κ1) is 20.9. The molecule has 164 valence electrons. The third-order valence-corrected chi connectivity index (χ3v) is 4.88. The minimum absolute atomic E-state index is 0.0785. The van der Waals surface area contributed by atoms with Crippen molar-refractivity contribution in [2.24, 2.45) is 0 Å². The Kier molecular flexibility index (Phi) is 5.04. The highest BCUT2D eigenvalue weighted by atomic mass is 19.2. The summed E-state index contributed by atoms with van der Waals surface area (Å²) in [5, 5.41) is 14.0. The summed E-state index contributed by atoms with van der Waals surface area (Å²) in [6.45, 7) is 0. The van der Waals surface area contributed by atoms with Crippen LogP contribution in [0.5, 0.6) is 0 Å². The van der Waals surface area contributed by atoms with Crippen molar-refractivity contribution in [2.45, 2.75) is 6.42 Å². The number of hydrogen-bond acceptors (Lipinski definition) is 6. The van der Waals surface area contributed by atoms with Gasteiger partial charge in [0.25, 0.3) is 5.95 Å². The Hall–Kier alpha value is -4.35. The van der Waals surface area contributed by atoms with Gasteiger partial charge in [0.05, 0.1) is 11.2 Å². The smallest absolute Gasteiger partial charge is 0.411 e. The van der Waals surface area contributed by atoms with E-state index in [1.54, 1.807) is 24.3 Å². The molecule has 0 fully saturated rings. The molecule has 32 heavy (non-hydrogen) atoms. The van der Waals surface area contributed by atoms with Crippen LogP contribution in [-0.4, -0.2) is 38.0 Å². The predicted octanol–water partition coefficient (Wildman–Crippen LogP) is 3.10. The maximum atomic E-state index is 14.2. The Morgan fingerprint density at radius 2 is 1.69 bits per heavy atom. The van der Waals surface area contributed by atoms with Crippen LogP contribution in [0.4, 0.5) is 35.3 Å². The maximum absolute atomic E-state index is 14.2. The van der Waals surface area contributed by atoms with Crippen molar-refractivity contribution < 1.29 is 23.1 Å². The number of halogens is 3. The van der Waals surface area contributed by atoms with Crippen molar-refractivity contribution in [3.8, 4) is 5.95 Å². The zero-order chi connectivity index (χ0) is 23.2. The van der Waals surface area contributed by atoms with Crippen molar-refractivity contribution >= 4 is 34.3 Å². The summed E-state index contributed by atoms with van der Waals surface area (Å²) >= 11 is 0. The van der Waals surface area contributed by atoms with Crippen molar-refractivity contribution in [1.82, 2.24) is 19.7 Å². The van der Waals surface area contributed by atoms with Gasteiger partial charge in [-0.25, -0.2) is 18.0 Å². The first-order chi connectivity index (χ1) is 15.2. The van der Waals surface area contributed by atoms with E-state index in [9.17, 15) is 23.1 Å². The van der Waals surface area contributed by atoms with Crippen molar-refractivity contribution in [2.75, 3.05) is 23.4 Å². The van der Waals surface area contributed by atoms with E-state index >= 15 is 0 Å². The van der Waals surface area contributed by atoms with Crippen LogP contribution < -0.4 is 16.4 Å². The minimum atomic E-state index is -1.31. The molecular weight excluding hydrogens is 427 g/mol. The highest BCUT2D eigenvalue weighted by Crippen LogP contribution is 2.30. The number of rotatable bonds is 4. The molecule has 0 spiro atoms. The molecule has 1 amide bonds. The predicted molar refractivity (Wildman–Crippen MR) is 111 cm³/mol. The molecule has 0 aliphatic heterocycles. The monoisotopic (exact) mass is 443 g/mol. The van der Waals surface area contributed by atoms with Crippen LogP contribution in [0.15, 0.2) is 36.4 Å². The second-order valence-corrected chi connectivity index (χ2v) is 6.86. The third kappa shape index (κ3) is 3.41. The molecule has 0 bridgehead atoms. The van der Waals surface area contributed by atoms with Crippen LogP contribution in [0, 0.1) is 17.5 Å². The molecule has 0 saturated carbocycles. The van der Waals surface area contributed by atoms with E-state index in [0.29, 0.717) is 17.0 Å². The summed E-state index contributed by atoms with van der Waals surface area (Å²) in [5.41, 5.74) is 12.0. The fraction of sp³-hybridized carbons (Fsp3) is 0.100. The Bertz CT molecular complexity index is 1350. The first-order valence-electron chi connectivity index (χ1n) is 9.18. The highest BCUT2D eigenvalue weighted by Gasteiger charge is 2.22. The lowest BCUT2D eigenvalue weighted by molar-refractivity contribution is 0.203. The lowest BCUT2D eigenvalue weighted by Gasteiger charge is -2.17. The second kappa shape index (κ2) is 7.72. The number of anilines is 3. The molecule has 0 saturated heterocycles. The summed E-state index contributed by atoms with van der Waals surface area (Å²) in [4.78, 5) is 20.2. The molecule has 0 radical (unpaired) electrons. The van der Waals surface area contributed by atoms with Gasteiger partial charge in [0, 0.05) is 24.4 Å². The average Bonchev–Trinajstić information content (AvgIpc) is 3.12. The van der Waals surface area contributed by atoms with Crippen molar-refractivity contribution in [3.05, 3.63) is 65.1 Å². The topological polar surface area (TPSA) is 136 Å². The van der Waals surface area contributed by atoms with Crippen molar-refractivity contribution in [3.63, 3.8) is 0 Å². The highest BCUT2D eigenvalue weighted by molar-refractivity contribution is 5.93. The maximum Gasteiger partial charge on any atom is 0.411 e. The average molecular weight is 443 g/mol. The summed E-state index contributed by atoms with van der Waals surface area (Å²) in [6.07, 6.45) is -1.65. The molecule has 0 unspecified atom stereocenters. The van der Waals surface area contributed by atoms with Crippen LogP contribution in [0.1, 0.15) is 11.3 Å². The molecule has 0 atom stereocenters. The molecule has 12 heteroatoms. The lowest BCUT2D eigenvalue weighted by Crippen LogP contribution is -2.27. The summed E-state index contributed by atoms with van der Waals surface area (Å²) in [7, 11) is 1.23. The normalized spacial score (nSPS) is 11.1. The van der Waals surface area contributed by atoms with E-state index in [4.69, 9.17) is 11.5 Å². The van der Waals surface area contributed by atoms with Gasteiger partial charge in [0.2, 0.25) is 0 Å². The molecule has 2 heterocycles. The van der Waals surface area contributed by atoms with Gasteiger partial charge in [-0.05, 0) is 18.2 Å². The Labute approximate surface area is 178 Å². The van der Waals surface area contributed by atoms with Crippen LogP contribution in [0.25, 0.3) is 16.9 Å². The SMILES string of the molecule is CN(C(=O)O)c1c(N)nc(-n2nc(Cc3c(F)ccc(F)c3F)c3ccccc32)nc1N. The van der Waals surface area contributed by atoms with E-state index in [1.807, 2.05) is 0 Å². The van der Waals surface area contributed by atoms with Gasteiger partial charge in [0.15, 0.2) is 23.3 Å². The number of fused-ring (bicyclic) bond motifs is 1. The largest absolute Gasteiger partial charge is 0.465 e. The standard InChI is InChI=1S/C20H16F3N7O2/c1-29(20(31)32)16-17(24)26-19(27-18(16)25)30-14-5-3-2-4-9(14)13(28-30)8-10-11(21)6-7-12(22)15(10)23/h2-7H,8H2,1H3,(H,31,32)(H4,24,25,26,27). The van der Waals surface area contributed by atoms with E-state index in [-0.39, 0.29) is 35.4 Å². The first-order valence-corrected chi connectivity index (χ1v) is 9.18. The molecular formula is C20H16F3N7O2. The molecule has 4 rings (SSSR count). The molecule has 2 aromatic heterocycles. The number of carboxylic acid groups (broad SMARTS) is 1. The Morgan fingerprint density at radius 3 is 2.34 bits per heavy atom. The number of amides is 1. The second-order valence-electron chi connectivity index (χ2n) is 6.86. The molecule has 2 aromatic carbocycles. The van der Waals surface area contributed by atoms with Gasteiger partial charge in [-0.2, -0.15) is 19.7 Å². The minimum Gasteiger partial charge on any atom is -0.465 e. The quantitative estimate of drug-likeness (QED) is 0.412. The van der Waals surface area contributed by atoms with Crippen molar-refractivity contribution in [1.29, 1.82) is 0 Å². The van der Waals surface area contributed by atoms with E-state index in [2.05, 4.69) is 15.1 Å². The van der Waals surface area contributed by atoms with Gasteiger partial charge in [-0.3, -0.25) is 4.90 Å². The summed E-state index contributed by atoms with van der Waals surface area (Å²) < 4.78 is 43.3. The van der Waals surface area contributed by atoms with Crippen LogP contribution in [0.2, 0.25) is 0 Å². The number of para-hydroxylation sites is 1. The molecule has 5 N–H and O–H groups in total. The Morgan fingerprint density at radius 1 is 1.06 bits per heavy atom. The zero-order valence-corrected chi connectivity index (χ0v) is 16.6. The fourth-order valence-electron chi connectivity index (χ4n) is 3.32. The molecule has 0 aliphatic rings. The summed E-state index contributed by atoms with van der Waals surface area (Å²) in [5.74, 6) is -3.87. The van der Waals surface area contributed by atoms with Gasteiger partial charge in [0.1, 0.15) is 11.5 Å². The van der Waals surface area contributed by atoms with Crippen LogP contribution >= 0.6 is 0 Å². The van der Waals surface area contributed by atoms with Gasteiger partial charge in [-0.15, -0.1) is 0 Å². The zero-order valence-electron chi connectivity index (χ0n) is 16.6. The van der Waals surface area contributed by atoms with Gasteiger partial charge < -0.3 is 16.6 Å². The number of nitrogens with two attached hydrogens (primary N) is 2. The fourth-order valence-corrected chi connectivity index (χ4v) is 3.32. The molecule has 0 aliphatic carbocycles. The van der Waals surface area contributed by atoms with Crippen LogP contribution in [-0.2, 0) is 6.42 Å². The number of carbonyl (C=O) groups is 1. The van der Waals surface area contributed by atoms with E-state index in [0.717, 1.165) is 11.0 Å². The number of benzene rings is 2. The molecule has 4 aromatic rings. The number of aromatic nitrogens is 4. The lowest BCUT2D eigenvalue weighted by atomic mass is 10.1. The van der Waals surface area contributed by atoms with Gasteiger partial charge >= 0.3 is 6.09 Å².